The molecule has 1 saturated heterocycles. The van der Waals surface area contributed by atoms with Crippen LogP contribution in [0, 0.1) is 0 Å². The molecule has 2 aliphatic heterocycles. The lowest BCUT2D eigenvalue weighted by Gasteiger charge is -2.53. The van der Waals surface area contributed by atoms with Gasteiger partial charge in [0.1, 0.15) is 35.8 Å². The van der Waals surface area contributed by atoms with Gasteiger partial charge >= 0.3 is 6.18 Å². The number of nitrogens with one attached hydrogen (secondary N) is 2. The Labute approximate surface area is 176 Å². The summed E-state index contributed by atoms with van der Waals surface area (Å²) < 4.78 is 51.2. The van der Waals surface area contributed by atoms with Gasteiger partial charge in [-0.3, -0.25) is 4.90 Å². The molecular formula is C21H22F3N5O2. The van der Waals surface area contributed by atoms with Crippen LogP contribution < -0.4 is 10.1 Å². The first-order valence-electron chi connectivity index (χ1n) is 9.96. The quantitative estimate of drug-likeness (QED) is 0.655. The fourth-order valence-corrected chi connectivity index (χ4v) is 4.37. The number of hydrogen-bond acceptors (Lipinski definition) is 6. The molecule has 7 nitrogen and oxygen atoms in total. The molecular weight excluding hydrogens is 411 g/mol. The molecule has 5 rings (SSSR count). The average Bonchev–Trinajstić information content (AvgIpc) is 3.18. The molecule has 31 heavy (non-hydrogen) atoms. The van der Waals surface area contributed by atoms with E-state index >= 15 is 0 Å². The van der Waals surface area contributed by atoms with Crippen LogP contribution in [0.25, 0.3) is 11.0 Å². The van der Waals surface area contributed by atoms with Crippen LogP contribution in [-0.4, -0.2) is 58.3 Å². The van der Waals surface area contributed by atoms with Crippen LogP contribution in [0.2, 0.25) is 0 Å². The predicted molar refractivity (Wildman–Crippen MR) is 108 cm³/mol. The van der Waals surface area contributed by atoms with Crippen LogP contribution in [0.15, 0.2) is 36.7 Å². The number of halogens is 3. The zero-order valence-corrected chi connectivity index (χ0v) is 17.0. The maximum Gasteiger partial charge on any atom is 0.431 e. The minimum atomic E-state index is -4.49. The molecule has 1 aromatic carbocycles. The summed E-state index contributed by atoms with van der Waals surface area (Å²) in [5, 5.41) is 3.68. The highest BCUT2D eigenvalue weighted by Gasteiger charge is 2.46. The highest BCUT2D eigenvalue weighted by Crippen LogP contribution is 2.41. The Morgan fingerprint density at radius 1 is 1.26 bits per heavy atom. The lowest BCUT2D eigenvalue weighted by Crippen LogP contribution is -2.66. The average molecular weight is 433 g/mol. The number of H-pyrrole nitrogens is 1. The van der Waals surface area contributed by atoms with E-state index in [1.165, 1.54) is 6.33 Å². The van der Waals surface area contributed by atoms with Gasteiger partial charge in [0.2, 0.25) is 0 Å². The summed E-state index contributed by atoms with van der Waals surface area (Å²) in [6.07, 6.45) is -3.23. The Bertz CT molecular complexity index is 1110. The fourth-order valence-electron chi connectivity index (χ4n) is 4.37. The summed E-state index contributed by atoms with van der Waals surface area (Å²) >= 11 is 0. The second-order valence-electron chi connectivity index (χ2n) is 8.26. The second kappa shape index (κ2) is 7.10. The topological polar surface area (TPSA) is 75.3 Å². The SMILES string of the molecule is COC1(C)CN(C2COc3ccccc3C2Nc2ncnc3[nH]c(C(F)(F)F)cc23)C1. The smallest absolute Gasteiger partial charge is 0.431 e. The third kappa shape index (κ3) is 3.49. The molecule has 2 unspecified atom stereocenters. The molecule has 164 valence electrons. The van der Waals surface area contributed by atoms with Crippen molar-refractivity contribution in [2.75, 3.05) is 32.1 Å². The molecule has 2 atom stereocenters. The predicted octanol–water partition coefficient (Wildman–Crippen LogP) is 3.61. The lowest BCUT2D eigenvalue weighted by molar-refractivity contribution is -0.140. The van der Waals surface area contributed by atoms with E-state index in [0.717, 1.165) is 30.5 Å². The van der Waals surface area contributed by atoms with Gasteiger partial charge in [-0.15, -0.1) is 0 Å². The summed E-state index contributed by atoms with van der Waals surface area (Å²) in [6, 6.07) is 8.45. The van der Waals surface area contributed by atoms with Crippen LogP contribution in [0.1, 0.15) is 24.2 Å². The molecule has 3 aromatic rings. The third-order valence-corrected chi connectivity index (χ3v) is 6.11. The van der Waals surface area contributed by atoms with E-state index < -0.39 is 11.9 Å². The van der Waals surface area contributed by atoms with Gasteiger partial charge < -0.3 is 19.8 Å². The summed E-state index contributed by atoms with van der Waals surface area (Å²) in [6.45, 7) is 3.97. The van der Waals surface area contributed by atoms with E-state index in [1.54, 1.807) is 7.11 Å². The van der Waals surface area contributed by atoms with E-state index in [-0.39, 0.29) is 23.3 Å². The molecule has 0 aliphatic carbocycles. The van der Waals surface area contributed by atoms with Gasteiger partial charge in [0.05, 0.1) is 23.1 Å². The Hall–Kier alpha value is -2.85. The van der Waals surface area contributed by atoms with E-state index in [4.69, 9.17) is 9.47 Å². The van der Waals surface area contributed by atoms with Crippen LogP contribution in [0.5, 0.6) is 5.75 Å². The number of fused-ring (bicyclic) bond motifs is 2. The van der Waals surface area contributed by atoms with Crippen molar-refractivity contribution >= 4 is 16.9 Å². The summed E-state index contributed by atoms with van der Waals surface area (Å²) in [5.41, 5.74) is 0.000643. The van der Waals surface area contributed by atoms with Gasteiger partial charge in [0.25, 0.3) is 0 Å². The minimum Gasteiger partial charge on any atom is -0.491 e. The second-order valence-corrected chi connectivity index (χ2v) is 8.26. The first-order chi connectivity index (χ1) is 14.8. The Kier molecular flexibility index (Phi) is 4.60. The van der Waals surface area contributed by atoms with E-state index in [2.05, 4.69) is 32.1 Å². The highest BCUT2D eigenvalue weighted by atomic mass is 19.4. The molecule has 2 aromatic heterocycles. The summed E-state index contributed by atoms with van der Waals surface area (Å²) in [7, 11) is 1.70. The van der Waals surface area contributed by atoms with Crippen molar-refractivity contribution < 1.29 is 22.6 Å². The Morgan fingerprint density at radius 2 is 2.03 bits per heavy atom. The molecule has 10 heteroatoms. The van der Waals surface area contributed by atoms with Crippen LogP contribution in [0.4, 0.5) is 19.0 Å². The molecule has 4 heterocycles. The number of benzene rings is 1. The number of alkyl halides is 3. The number of anilines is 1. The fraction of sp³-hybridized carbons (Fsp3) is 0.429. The largest absolute Gasteiger partial charge is 0.491 e. The van der Waals surface area contributed by atoms with Gasteiger partial charge in [-0.25, -0.2) is 9.97 Å². The number of hydrogen-bond donors (Lipinski definition) is 2. The molecule has 0 saturated carbocycles. The van der Waals surface area contributed by atoms with Gasteiger partial charge in [-0.05, 0) is 19.1 Å². The number of methoxy groups -OCH3 is 1. The zero-order chi connectivity index (χ0) is 21.8. The van der Waals surface area contributed by atoms with Crippen molar-refractivity contribution in [3.05, 3.63) is 47.9 Å². The first-order valence-corrected chi connectivity index (χ1v) is 9.96. The number of ether oxygens (including phenoxy) is 2. The zero-order valence-electron chi connectivity index (χ0n) is 17.0. The molecule has 2 aliphatic rings. The Morgan fingerprint density at radius 3 is 2.77 bits per heavy atom. The molecule has 0 spiro atoms. The summed E-state index contributed by atoms with van der Waals surface area (Å²) in [4.78, 5) is 12.8. The monoisotopic (exact) mass is 433 g/mol. The van der Waals surface area contributed by atoms with E-state index in [0.29, 0.717) is 17.8 Å². The normalized spacial score (nSPS) is 23.1. The number of rotatable bonds is 4. The number of aromatic amines is 1. The van der Waals surface area contributed by atoms with Gasteiger partial charge in [-0.1, -0.05) is 18.2 Å². The van der Waals surface area contributed by atoms with Gasteiger partial charge in [-0.2, -0.15) is 13.2 Å². The third-order valence-electron chi connectivity index (χ3n) is 6.11. The van der Waals surface area contributed by atoms with Crippen molar-refractivity contribution in [3.8, 4) is 5.75 Å². The molecule has 0 bridgehead atoms. The molecule has 0 radical (unpaired) electrons. The first kappa shape index (κ1) is 20.1. The van der Waals surface area contributed by atoms with Crippen molar-refractivity contribution in [1.82, 2.24) is 19.9 Å². The standard InChI is InChI=1S/C21H22F3N5O2/c1-20(30-2)9-29(10-20)14-8-31-15-6-4-3-5-12(15)17(14)28-19-13-7-16(21(22,23)24)27-18(13)25-11-26-19/h3-7,11,14,17H,8-10H2,1-2H3,(H2,25,26,27,28). The maximum absolute atomic E-state index is 13.2. The maximum atomic E-state index is 13.2. The van der Waals surface area contributed by atoms with Gasteiger partial charge in [0, 0.05) is 25.8 Å². The Balaban J connectivity index is 1.51. The van der Waals surface area contributed by atoms with Crippen molar-refractivity contribution in [1.29, 1.82) is 0 Å². The molecule has 1 fully saturated rings. The summed E-state index contributed by atoms with van der Waals surface area (Å²) in [5.74, 6) is 1.10. The lowest BCUT2D eigenvalue weighted by atomic mass is 9.88. The van der Waals surface area contributed by atoms with E-state index in [1.807, 2.05) is 24.3 Å². The molecule has 0 amide bonds. The van der Waals surface area contributed by atoms with Crippen LogP contribution in [0.3, 0.4) is 0 Å². The molecule has 2 N–H and O–H groups in total. The van der Waals surface area contributed by atoms with Crippen LogP contribution in [-0.2, 0) is 10.9 Å². The highest BCUT2D eigenvalue weighted by molar-refractivity contribution is 5.88. The number of aromatic nitrogens is 3. The number of likely N-dealkylation sites (tertiary alicyclic amines) is 1. The van der Waals surface area contributed by atoms with Crippen molar-refractivity contribution in [2.24, 2.45) is 0 Å². The number of para-hydroxylation sites is 1. The van der Waals surface area contributed by atoms with Crippen LogP contribution >= 0.6 is 0 Å². The van der Waals surface area contributed by atoms with E-state index in [9.17, 15) is 13.2 Å². The van der Waals surface area contributed by atoms with Gasteiger partial charge in [0.15, 0.2) is 0 Å². The minimum absolute atomic E-state index is 0.0378. The van der Waals surface area contributed by atoms with Crippen molar-refractivity contribution in [2.45, 2.75) is 30.8 Å². The van der Waals surface area contributed by atoms with Crippen molar-refractivity contribution in [3.63, 3.8) is 0 Å². The number of nitrogens with zero attached hydrogens (tertiary/aromatic N) is 3.